The molecule has 2 aromatic rings. The van der Waals surface area contributed by atoms with E-state index in [1.165, 1.54) is 24.3 Å². The first kappa shape index (κ1) is 22.4. The van der Waals surface area contributed by atoms with Gasteiger partial charge in [-0.25, -0.2) is 4.79 Å². The average molecular weight is 413 g/mol. The van der Waals surface area contributed by atoms with Gasteiger partial charge in [0.2, 0.25) is 5.91 Å². The summed E-state index contributed by atoms with van der Waals surface area (Å²) in [6, 6.07) is 12.6. The van der Waals surface area contributed by atoms with E-state index in [4.69, 9.17) is 9.47 Å². The lowest BCUT2D eigenvalue weighted by atomic mass is 10.2. The number of anilines is 2. The van der Waals surface area contributed by atoms with E-state index in [-0.39, 0.29) is 6.61 Å². The molecule has 0 bridgehead atoms. The van der Waals surface area contributed by atoms with Crippen LogP contribution in [0.4, 0.5) is 11.4 Å². The zero-order valence-corrected chi connectivity index (χ0v) is 16.7. The van der Waals surface area contributed by atoms with Gasteiger partial charge in [0.1, 0.15) is 5.75 Å². The van der Waals surface area contributed by atoms with E-state index >= 15 is 0 Å². The van der Waals surface area contributed by atoms with Crippen molar-refractivity contribution in [2.75, 3.05) is 30.4 Å². The monoisotopic (exact) mass is 413 g/mol. The summed E-state index contributed by atoms with van der Waals surface area (Å²) in [7, 11) is 0. The molecule has 2 aromatic carbocycles. The summed E-state index contributed by atoms with van der Waals surface area (Å²) < 4.78 is 10.2. The van der Waals surface area contributed by atoms with Crippen molar-refractivity contribution < 1.29 is 28.7 Å². The number of carbonyl (C=O) groups is 4. The second kappa shape index (κ2) is 11.2. The predicted molar refractivity (Wildman–Crippen MR) is 110 cm³/mol. The lowest BCUT2D eigenvalue weighted by Crippen LogP contribution is -2.39. The molecule has 0 unspecified atom stereocenters. The zero-order chi connectivity index (χ0) is 21.9. The van der Waals surface area contributed by atoms with E-state index in [1.54, 1.807) is 31.2 Å². The fourth-order valence-corrected chi connectivity index (χ4v) is 2.34. The minimum Gasteiger partial charge on any atom is -0.494 e. The molecule has 2 rings (SSSR count). The van der Waals surface area contributed by atoms with Crippen molar-refractivity contribution in [3.63, 3.8) is 0 Å². The van der Waals surface area contributed by atoms with Gasteiger partial charge in [0.15, 0.2) is 0 Å². The van der Waals surface area contributed by atoms with E-state index in [0.717, 1.165) is 0 Å². The second-order valence-corrected chi connectivity index (χ2v) is 5.94. The molecule has 0 heterocycles. The van der Waals surface area contributed by atoms with Crippen molar-refractivity contribution in [1.29, 1.82) is 0 Å². The molecule has 0 atom stereocenters. The Morgan fingerprint density at radius 3 is 1.97 bits per heavy atom. The molecule has 158 valence electrons. The quantitative estimate of drug-likeness (QED) is 0.449. The molecule has 0 saturated carbocycles. The molecule has 9 heteroatoms. The third-order valence-corrected chi connectivity index (χ3v) is 3.72. The molecule has 0 aliphatic carbocycles. The number of hydrogen-bond acceptors (Lipinski definition) is 6. The van der Waals surface area contributed by atoms with Crippen LogP contribution in [0.3, 0.4) is 0 Å². The Bertz CT molecular complexity index is 894. The number of hydrogen-bond donors (Lipinski definition) is 3. The molecule has 30 heavy (non-hydrogen) atoms. The van der Waals surface area contributed by atoms with Crippen LogP contribution in [0, 0.1) is 0 Å². The largest absolute Gasteiger partial charge is 0.494 e. The van der Waals surface area contributed by atoms with Gasteiger partial charge in [0.25, 0.3) is 0 Å². The van der Waals surface area contributed by atoms with Gasteiger partial charge >= 0.3 is 17.8 Å². The highest BCUT2D eigenvalue weighted by Crippen LogP contribution is 2.15. The van der Waals surface area contributed by atoms with Crippen LogP contribution in [0.2, 0.25) is 0 Å². The number of rotatable bonds is 8. The fraction of sp³-hybridized carbons (Fsp3) is 0.238. The Hall–Kier alpha value is -3.88. The van der Waals surface area contributed by atoms with E-state index < -0.39 is 30.2 Å². The van der Waals surface area contributed by atoms with Crippen LogP contribution in [0.5, 0.6) is 5.75 Å². The molecule has 0 fully saturated rings. The number of esters is 1. The van der Waals surface area contributed by atoms with Crippen LogP contribution in [0.15, 0.2) is 48.5 Å². The Balaban J connectivity index is 1.78. The van der Waals surface area contributed by atoms with E-state index in [1.807, 2.05) is 6.92 Å². The number of benzene rings is 2. The van der Waals surface area contributed by atoms with Crippen LogP contribution >= 0.6 is 0 Å². The van der Waals surface area contributed by atoms with Crippen molar-refractivity contribution in [3.05, 3.63) is 54.1 Å². The fourth-order valence-electron chi connectivity index (χ4n) is 2.34. The number of carbonyl (C=O) groups excluding carboxylic acids is 4. The molecular weight excluding hydrogens is 390 g/mol. The van der Waals surface area contributed by atoms with E-state index in [0.29, 0.717) is 29.3 Å². The minimum atomic E-state index is -0.948. The molecule has 0 aliphatic rings. The average Bonchev–Trinajstić information content (AvgIpc) is 2.74. The Morgan fingerprint density at radius 1 is 0.767 bits per heavy atom. The van der Waals surface area contributed by atoms with Gasteiger partial charge in [-0.1, -0.05) is 0 Å². The summed E-state index contributed by atoms with van der Waals surface area (Å²) in [5.74, 6) is -2.18. The molecule has 9 nitrogen and oxygen atoms in total. The summed E-state index contributed by atoms with van der Waals surface area (Å²) in [5, 5.41) is 7.22. The summed E-state index contributed by atoms with van der Waals surface area (Å²) in [6.07, 6.45) is 0. The summed E-state index contributed by atoms with van der Waals surface area (Å²) in [6.45, 7) is 3.96. The Morgan fingerprint density at radius 2 is 1.37 bits per heavy atom. The van der Waals surface area contributed by atoms with Gasteiger partial charge in [-0.2, -0.15) is 0 Å². The second-order valence-electron chi connectivity index (χ2n) is 5.94. The van der Waals surface area contributed by atoms with Crippen molar-refractivity contribution in [3.8, 4) is 5.75 Å². The molecule has 0 radical (unpaired) electrons. The van der Waals surface area contributed by atoms with Gasteiger partial charge in [-0.15, -0.1) is 0 Å². The normalized spacial score (nSPS) is 9.93. The maximum atomic E-state index is 12.0. The van der Waals surface area contributed by atoms with Crippen LogP contribution in [0.25, 0.3) is 0 Å². The molecule has 3 amide bonds. The standard InChI is InChI=1S/C21H23N3O6/c1-3-29-17-11-9-16(10-12-17)24-20(27)19(26)22-13-18(25)23-15-7-5-14(6-8-15)21(28)30-4-2/h5-12H,3-4,13H2,1-2H3,(H,22,26)(H,23,25)(H,24,27). The summed E-state index contributed by atoms with van der Waals surface area (Å²) >= 11 is 0. The summed E-state index contributed by atoms with van der Waals surface area (Å²) in [4.78, 5) is 47.3. The predicted octanol–water partition coefficient (Wildman–Crippen LogP) is 1.96. The van der Waals surface area contributed by atoms with Crippen LogP contribution < -0.4 is 20.7 Å². The van der Waals surface area contributed by atoms with Gasteiger partial charge in [-0.3, -0.25) is 14.4 Å². The number of amides is 3. The first-order valence-electron chi connectivity index (χ1n) is 9.32. The maximum Gasteiger partial charge on any atom is 0.338 e. The SMILES string of the molecule is CCOC(=O)c1ccc(NC(=O)CNC(=O)C(=O)Nc2ccc(OCC)cc2)cc1. The molecule has 3 N–H and O–H groups in total. The highest BCUT2D eigenvalue weighted by Gasteiger charge is 2.15. The third kappa shape index (κ3) is 6.93. The lowest BCUT2D eigenvalue weighted by molar-refractivity contribution is -0.136. The van der Waals surface area contributed by atoms with Crippen molar-refractivity contribution in [2.45, 2.75) is 13.8 Å². The van der Waals surface area contributed by atoms with Crippen LogP contribution in [0.1, 0.15) is 24.2 Å². The van der Waals surface area contributed by atoms with E-state index in [9.17, 15) is 19.2 Å². The minimum absolute atomic E-state index is 0.267. The zero-order valence-electron chi connectivity index (χ0n) is 16.7. The Kier molecular flexibility index (Phi) is 8.37. The molecule has 0 saturated heterocycles. The molecule has 0 spiro atoms. The topological polar surface area (TPSA) is 123 Å². The van der Waals surface area contributed by atoms with E-state index in [2.05, 4.69) is 16.0 Å². The van der Waals surface area contributed by atoms with Crippen molar-refractivity contribution in [2.24, 2.45) is 0 Å². The van der Waals surface area contributed by atoms with Crippen molar-refractivity contribution in [1.82, 2.24) is 5.32 Å². The first-order chi connectivity index (χ1) is 14.4. The smallest absolute Gasteiger partial charge is 0.338 e. The first-order valence-corrected chi connectivity index (χ1v) is 9.32. The van der Waals surface area contributed by atoms with Crippen molar-refractivity contribution >= 4 is 35.1 Å². The van der Waals surface area contributed by atoms with Gasteiger partial charge in [0, 0.05) is 11.4 Å². The summed E-state index contributed by atoms with van der Waals surface area (Å²) in [5.41, 5.74) is 1.21. The molecule has 0 aromatic heterocycles. The third-order valence-electron chi connectivity index (χ3n) is 3.72. The van der Waals surface area contributed by atoms with Gasteiger partial charge < -0.3 is 25.4 Å². The number of ether oxygens (including phenoxy) is 2. The number of nitrogens with one attached hydrogen (secondary N) is 3. The van der Waals surface area contributed by atoms with Crippen LogP contribution in [-0.2, 0) is 19.1 Å². The molecular formula is C21H23N3O6. The highest BCUT2D eigenvalue weighted by atomic mass is 16.5. The Labute approximate surface area is 173 Å². The maximum absolute atomic E-state index is 12.0. The lowest BCUT2D eigenvalue weighted by Gasteiger charge is -2.09. The van der Waals surface area contributed by atoms with Gasteiger partial charge in [-0.05, 0) is 62.4 Å². The van der Waals surface area contributed by atoms with Crippen LogP contribution in [-0.4, -0.2) is 43.4 Å². The molecule has 0 aliphatic heterocycles. The van der Waals surface area contributed by atoms with Gasteiger partial charge in [0.05, 0.1) is 25.3 Å². The highest BCUT2D eigenvalue weighted by molar-refractivity contribution is 6.39.